The Kier molecular flexibility index (Phi) is 2.64. The summed E-state index contributed by atoms with van der Waals surface area (Å²) in [6, 6.07) is 2.84. The molecule has 1 heterocycles. The van der Waals surface area contributed by atoms with Crippen LogP contribution in [0.5, 0.6) is 0 Å². The second kappa shape index (κ2) is 3.94. The molecule has 0 atom stereocenters. The van der Waals surface area contributed by atoms with Crippen molar-refractivity contribution in [3.05, 3.63) is 35.4 Å². The molecular weight excluding hydrogens is 202 g/mol. The smallest absolute Gasteiger partial charge is 0.254 e. The maximum absolute atomic E-state index is 13.1. The summed E-state index contributed by atoms with van der Waals surface area (Å²) >= 11 is 0. The first kappa shape index (κ1) is 10.0. The van der Waals surface area contributed by atoms with E-state index in [1.54, 1.807) is 0 Å². The minimum Gasteiger partial charge on any atom is -0.347 e. The zero-order valence-electron chi connectivity index (χ0n) is 7.89. The Morgan fingerprint density at radius 2 is 2.13 bits per heavy atom. The number of benzene rings is 1. The summed E-state index contributed by atoms with van der Waals surface area (Å²) in [5, 5.41) is 5.55. The number of amides is 1. The highest BCUT2D eigenvalue weighted by molar-refractivity contribution is 5.94. The van der Waals surface area contributed by atoms with Crippen molar-refractivity contribution < 1.29 is 13.6 Å². The standard InChI is InChI=1S/C10H10F2N2O/c11-6-1-2-9(12)8(3-6)10(15)14-7-4-13-5-7/h1-3,7,13H,4-5H2,(H,14,15). The van der Waals surface area contributed by atoms with Gasteiger partial charge < -0.3 is 10.6 Å². The Hall–Kier alpha value is -1.49. The summed E-state index contributed by atoms with van der Waals surface area (Å²) in [4.78, 5) is 11.5. The molecule has 0 unspecified atom stereocenters. The van der Waals surface area contributed by atoms with Gasteiger partial charge in [-0.25, -0.2) is 8.78 Å². The van der Waals surface area contributed by atoms with Gasteiger partial charge in [-0.2, -0.15) is 0 Å². The maximum Gasteiger partial charge on any atom is 0.254 e. The van der Waals surface area contributed by atoms with E-state index in [4.69, 9.17) is 0 Å². The molecular formula is C10H10F2N2O. The molecule has 0 aromatic heterocycles. The first-order valence-electron chi connectivity index (χ1n) is 4.63. The highest BCUT2D eigenvalue weighted by Gasteiger charge is 2.21. The van der Waals surface area contributed by atoms with E-state index < -0.39 is 17.5 Å². The molecule has 1 aliphatic rings. The molecule has 1 aromatic rings. The van der Waals surface area contributed by atoms with Gasteiger partial charge in [0, 0.05) is 13.1 Å². The molecule has 0 radical (unpaired) electrons. The average Bonchev–Trinajstić information content (AvgIpc) is 2.15. The number of hydrogen-bond donors (Lipinski definition) is 2. The van der Waals surface area contributed by atoms with Crippen molar-refractivity contribution >= 4 is 5.91 Å². The van der Waals surface area contributed by atoms with Gasteiger partial charge in [-0.15, -0.1) is 0 Å². The second-order valence-corrected chi connectivity index (χ2v) is 3.45. The molecule has 1 aliphatic heterocycles. The third kappa shape index (κ3) is 2.12. The first-order chi connectivity index (χ1) is 7.16. The van der Waals surface area contributed by atoms with E-state index in [-0.39, 0.29) is 11.6 Å². The van der Waals surface area contributed by atoms with Gasteiger partial charge in [-0.1, -0.05) is 0 Å². The molecule has 0 bridgehead atoms. The van der Waals surface area contributed by atoms with Crippen LogP contribution in [0.15, 0.2) is 18.2 Å². The molecule has 0 saturated carbocycles. The van der Waals surface area contributed by atoms with E-state index in [1.165, 1.54) is 0 Å². The molecule has 1 aromatic carbocycles. The number of carbonyl (C=O) groups is 1. The predicted molar refractivity (Wildman–Crippen MR) is 50.5 cm³/mol. The van der Waals surface area contributed by atoms with Crippen LogP contribution in [0.4, 0.5) is 8.78 Å². The molecule has 0 aliphatic carbocycles. The minimum atomic E-state index is -0.707. The zero-order chi connectivity index (χ0) is 10.8. The first-order valence-corrected chi connectivity index (χ1v) is 4.63. The van der Waals surface area contributed by atoms with E-state index in [9.17, 15) is 13.6 Å². The van der Waals surface area contributed by atoms with Gasteiger partial charge in [-0.05, 0) is 18.2 Å². The second-order valence-electron chi connectivity index (χ2n) is 3.45. The van der Waals surface area contributed by atoms with Crippen LogP contribution in [-0.4, -0.2) is 25.0 Å². The van der Waals surface area contributed by atoms with Gasteiger partial charge in [0.05, 0.1) is 11.6 Å². The lowest BCUT2D eigenvalue weighted by molar-refractivity contribution is 0.0919. The number of halogens is 2. The third-order valence-electron chi connectivity index (χ3n) is 2.29. The zero-order valence-corrected chi connectivity index (χ0v) is 7.89. The van der Waals surface area contributed by atoms with Crippen LogP contribution in [0.25, 0.3) is 0 Å². The highest BCUT2D eigenvalue weighted by Crippen LogP contribution is 2.10. The van der Waals surface area contributed by atoms with E-state index in [1.807, 2.05) is 0 Å². The van der Waals surface area contributed by atoms with Crippen molar-refractivity contribution in [2.45, 2.75) is 6.04 Å². The van der Waals surface area contributed by atoms with Crippen LogP contribution in [0.3, 0.4) is 0 Å². The molecule has 5 heteroatoms. The molecule has 2 rings (SSSR count). The normalized spacial score (nSPS) is 15.9. The lowest BCUT2D eigenvalue weighted by Crippen LogP contribution is -2.57. The summed E-state index contributed by atoms with van der Waals surface area (Å²) in [5.41, 5.74) is -0.248. The fourth-order valence-corrected chi connectivity index (χ4v) is 1.33. The highest BCUT2D eigenvalue weighted by atomic mass is 19.1. The van der Waals surface area contributed by atoms with Crippen LogP contribution in [-0.2, 0) is 0 Å². The van der Waals surface area contributed by atoms with Crippen molar-refractivity contribution in [2.24, 2.45) is 0 Å². The summed E-state index contributed by atoms with van der Waals surface area (Å²) in [6.07, 6.45) is 0. The van der Waals surface area contributed by atoms with Crippen molar-refractivity contribution in [3.63, 3.8) is 0 Å². The average molecular weight is 212 g/mol. The van der Waals surface area contributed by atoms with Crippen molar-refractivity contribution in [1.82, 2.24) is 10.6 Å². The Balaban J connectivity index is 2.12. The number of rotatable bonds is 2. The number of carbonyl (C=O) groups excluding carboxylic acids is 1. The molecule has 2 N–H and O–H groups in total. The van der Waals surface area contributed by atoms with E-state index >= 15 is 0 Å². The fourth-order valence-electron chi connectivity index (χ4n) is 1.33. The minimum absolute atomic E-state index is 0.0140. The summed E-state index contributed by atoms with van der Waals surface area (Å²) in [6.45, 7) is 1.34. The Labute approximate surface area is 85.5 Å². The van der Waals surface area contributed by atoms with Gasteiger partial charge in [0.15, 0.2) is 0 Å². The molecule has 1 saturated heterocycles. The van der Waals surface area contributed by atoms with Crippen molar-refractivity contribution in [2.75, 3.05) is 13.1 Å². The van der Waals surface area contributed by atoms with E-state index in [0.29, 0.717) is 13.1 Å². The summed E-state index contributed by atoms with van der Waals surface area (Å²) < 4.78 is 25.9. The van der Waals surface area contributed by atoms with Crippen LogP contribution < -0.4 is 10.6 Å². The molecule has 3 nitrogen and oxygen atoms in total. The van der Waals surface area contributed by atoms with E-state index in [0.717, 1.165) is 18.2 Å². The van der Waals surface area contributed by atoms with Crippen LogP contribution in [0.1, 0.15) is 10.4 Å². The van der Waals surface area contributed by atoms with Gasteiger partial charge in [-0.3, -0.25) is 4.79 Å². The molecule has 80 valence electrons. The van der Waals surface area contributed by atoms with Gasteiger partial charge >= 0.3 is 0 Å². The largest absolute Gasteiger partial charge is 0.347 e. The lowest BCUT2D eigenvalue weighted by Gasteiger charge is -2.27. The van der Waals surface area contributed by atoms with E-state index in [2.05, 4.69) is 10.6 Å². The third-order valence-corrected chi connectivity index (χ3v) is 2.29. The van der Waals surface area contributed by atoms with Crippen LogP contribution in [0, 0.1) is 11.6 Å². The SMILES string of the molecule is O=C(NC1CNC1)c1cc(F)ccc1F. The lowest BCUT2D eigenvalue weighted by atomic mass is 10.1. The van der Waals surface area contributed by atoms with Gasteiger partial charge in [0.1, 0.15) is 11.6 Å². The van der Waals surface area contributed by atoms with Crippen LogP contribution >= 0.6 is 0 Å². The number of hydrogen-bond acceptors (Lipinski definition) is 2. The topological polar surface area (TPSA) is 41.1 Å². The van der Waals surface area contributed by atoms with Crippen molar-refractivity contribution in [1.29, 1.82) is 0 Å². The summed E-state index contributed by atoms with van der Waals surface area (Å²) in [7, 11) is 0. The fraction of sp³-hybridized carbons (Fsp3) is 0.300. The molecule has 0 spiro atoms. The molecule has 1 amide bonds. The van der Waals surface area contributed by atoms with Crippen molar-refractivity contribution in [3.8, 4) is 0 Å². The maximum atomic E-state index is 13.1. The summed E-state index contributed by atoms with van der Waals surface area (Å²) in [5.74, 6) is -1.90. The number of nitrogens with one attached hydrogen (secondary N) is 2. The quantitative estimate of drug-likeness (QED) is 0.756. The Morgan fingerprint density at radius 3 is 2.73 bits per heavy atom. The Morgan fingerprint density at radius 1 is 1.40 bits per heavy atom. The van der Waals surface area contributed by atoms with Crippen LogP contribution in [0.2, 0.25) is 0 Å². The Bertz CT molecular complexity index is 391. The van der Waals surface area contributed by atoms with Gasteiger partial charge in [0.2, 0.25) is 0 Å². The van der Waals surface area contributed by atoms with Gasteiger partial charge in [0.25, 0.3) is 5.91 Å². The monoisotopic (exact) mass is 212 g/mol. The predicted octanol–water partition coefficient (Wildman–Crippen LogP) is 0.666. The molecule has 15 heavy (non-hydrogen) atoms. The molecule has 1 fully saturated rings.